The first-order valence-electron chi connectivity index (χ1n) is 13.2. The van der Waals surface area contributed by atoms with Gasteiger partial charge in [0.05, 0.1) is 12.8 Å². The van der Waals surface area contributed by atoms with Gasteiger partial charge in [0.2, 0.25) is 5.95 Å². The fourth-order valence-electron chi connectivity index (χ4n) is 4.60. The largest absolute Gasteiger partial charge is 0.468 e. The number of esters is 1. The topological polar surface area (TPSA) is 117 Å². The highest BCUT2D eigenvalue weighted by molar-refractivity contribution is 6.30. The standard InChI is InChI=1S/C29H32ClF2N5O5/c1-28(2,3)42-27(40)37-12-10-36(11-13-37)19-14-20(31)23(21(32)15-19)24(38)35-26-33-16-22(34-26)29(4,25(39)41-5)17-6-8-18(30)9-7-17/h6-9,14-16H,10-13H2,1-5H3,(H2,33,34,35,38). The third kappa shape index (κ3) is 6.48. The lowest BCUT2D eigenvalue weighted by molar-refractivity contribution is -0.145. The molecule has 0 radical (unpaired) electrons. The Bertz CT molecular complexity index is 1460. The van der Waals surface area contributed by atoms with E-state index in [0.717, 1.165) is 12.1 Å². The molecule has 10 nitrogen and oxygen atoms in total. The van der Waals surface area contributed by atoms with Crippen LogP contribution in [0.2, 0.25) is 5.02 Å². The van der Waals surface area contributed by atoms with Gasteiger partial charge in [-0.3, -0.25) is 14.9 Å². The summed E-state index contributed by atoms with van der Waals surface area (Å²) in [4.78, 5) is 48.3. The van der Waals surface area contributed by atoms with E-state index in [2.05, 4.69) is 15.3 Å². The van der Waals surface area contributed by atoms with E-state index in [1.165, 1.54) is 18.2 Å². The number of ether oxygens (including phenoxy) is 2. The van der Waals surface area contributed by atoms with Crippen LogP contribution in [0.5, 0.6) is 0 Å². The molecule has 2 heterocycles. The minimum Gasteiger partial charge on any atom is -0.468 e. The van der Waals surface area contributed by atoms with Crippen LogP contribution in [0.15, 0.2) is 42.6 Å². The Morgan fingerprint density at radius 3 is 2.14 bits per heavy atom. The molecule has 3 aromatic rings. The van der Waals surface area contributed by atoms with Crippen molar-refractivity contribution in [3.63, 3.8) is 0 Å². The number of anilines is 2. The summed E-state index contributed by atoms with van der Waals surface area (Å²) in [7, 11) is 1.24. The van der Waals surface area contributed by atoms with Gasteiger partial charge in [0, 0.05) is 43.1 Å². The monoisotopic (exact) mass is 603 g/mol. The van der Waals surface area contributed by atoms with Gasteiger partial charge < -0.3 is 24.3 Å². The first-order valence-corrected chi connectivity index (χ1v) is 13.5. The second kappa shape index (κ2) is 12.0. The van der Waals surface area contributed by atoms with Crippen LogP contribution in [-0.4, -0.2) is 71.7 Å². The van der Waals surface area contributed by atoms with Gasteiger partial charge >= 0.3 is 12.1 Å². The maximum Gasteiger partial charge on any atom is 0.410 e. The Balaban J connectivity index is 1.48. The molecule has 0 saturated carbocycles. The molecule has 2 amide bonds. The van der Waals surface area contributed by atoms with Gasteiger partial charge in [-0.15, -0.1) is 0 Å². The predicted octanol–water partition coefficient (Wildman–Crippen LogP) is 5.13. The molecular weight excluding hydrogens is 572 g/mol. The van der Waals surface area contributed by atoms with Crippen LogP contribution in [0.4, 0.5) is 25.2 Å². The lowest BCUT2D eigenvalue weighted by Gasteiger charge is -2.36. The summed E-state index contributed by atoms with van der Waals surface area (Å²) in [6, 6.07) is 8.67. The summed E-state index contributed by atoms with van der Waals surface area (Å²) < 4.78 is 40.6. The lowest BCUT2D eigenvalue weighted by atomic mass is 9.80. The summed E-state index contributed by atoms with van der Waals surface area (Å²) in [6.45, 7) is 8.18. The molecule has 1 aliphatic rings. The average Bonchev–Trinajstić information content (AvgIpc) is 3.40. The number of aromatic amines is 1. The number of H-pyrrole nitrogens is 1. The van der Waals surface area contributed by atoms with Crippen molar-refractivity contribution in [1.29, 1.82) is 0 Å². The molecular formula is C29H32ClF2N5O5. The molecule has 1 aromatic heterocycles. The van der Waals surface area contributed by atoms with Gasteiger partial charge in [0.1, 0.15) is 28.2 Å². The van der Waals surface area contributed by atoms with Gasteiger partial charge in [-0.2, -0.15) is 0 Å². The predicted molar refractivity (Wildman–Crippen MR) is 153 cm³/mol. The Hall–Kier alpha value is -4.19. The van der Waals surface area contributed by atoms with Crippen molar-refractivity contribution in [2.45, 2.75) is 38.7 Å². The van der Waals surface area contributed by atoms with E-state index in [9.17, 15) is 14.4 Å². The summed E-state index contributed by atoms with van der Waals surface area (Å²) >= 11 is 5.99. The minimum atomic E-state index is -1.37. The van der Waals surface area contributed by atoms with Gasteiger partial charge in [-0.25, -0.2) is 18.6 Å². The Labute approximate surface area is 246 Å². The van der Waals surface area contributed by atoms with E-state index in [4.69, 9.17) is 21.1 Å². The van der Waals surface area contributed by atoms with Gasteiger partial charge in [-0.1, -0.05) is 23.7 Å². The molecule has 0 bridgehead atoms. The Morgan fingerprint density at radius 2 is 1.60 bits per heavy atom. The van der Waals surface area contributed by atoms with Crippen LogP contribution in [-0.2, 0) is 19.7 Å². The smallest absolute Gasteiger partial charge is 0.410 e. The van der Waals surface area contributed by atoms with Crippen LogP contribution in [0.1, 0.15) is 49.3 Å². The molecule has 1 fully saturated rings. The molecule has 1 unspecified atom stereocenters. The van der Waals surface area contributed by atoms with Gasteiger partial charge in [0.15, 0.2) is 0 Å². The maximum atomic E-state index is 15.1. The summed E-state index contributed by atoms with van der Waals surface area (Å²) in [5.41, 5.74) is -1.83. The van der Waals surface area contributed by atoms with Crippen molar-refractivity contribution < 1.29 is 32.6 Å². The fourth-order valence-corrected chi connectivity index (χ4v) is 4.73. The normalized spacial score (nSPS) is 15.1. The van der Waals surface area contributed by atoms with Crippen molar-refractivity contribution in [2.75, 3.05) is 43.5 Å². The molecule has 1 atom stereocenters. The Morgan fingerprint density at radius 1 is 1.00 bits per heavy atom. The molecule has 0 aliphatic carbocycles. The number of piperazine rings is 1. The number of nitrogens with one attached hydrogen (secondary N) is 2. The first kappa shape index (κ1) is 30.8. The molecule has 224 valence electrons. The number of aromatic nitrogens is 2. The van der Waals surface area contributed by atoms with E-state index in [0.29, 0.717) is 36.8 Å². The second-order valence-electron chi connectivity index (χ2n) is 11.0. The van der Waals surface area contributed by atoms with E-state index in [1.807, 2.05) is 0 Å². The molecule has 13 heteroatoms. The SMILES string of the molecule is COC(=O)C(C)(c1ccc(Cl)cc1)c1c[nH]c(NC(=O)c2c(F)cc(N3CCN(C(=O)OC(C)(C)C)CC3)cc2F)n1. The number of amides is 2. The highest BCUT2D eigenvalue weighted by atomic mass is 35.5. The number of benzene rings is 2. The zero-order valence-electron chi connectivity index (χ0n) is 23.9. The third-order valence-corrected chi connectivity index (χ3v) is 7.14. The number of carbonyl (C=O) groups excluding carboxylic acids is 3. The lowest BCUT2D eigenvalue weighted by Crippen LogP contribution is -2.50. The Kier molecular flexibility index (Phi) is 8.76. The number of imidazole rings is 1. The fraction of sp³-hybridized carbons (Fsp3) is 0.379. The quantitative estimate of drug-likeness (QED) is 0.375. The number of hydrogen-bond donors (Lipinski definition) is 2. The third-order valence-electron chi connectivity index (χ3n) is 6.89. The highest BCUT2D eigenvalue weighted by Gasteiger charge is 2.41. The van der Waals surface area contributed by atoms with Crippen molar-refractivity contribution in [3.05, 3.63) is 76.1 Å². The average molecular weight is 604 g/mol. The van der Waals surface area contributed by atoms with E-state index in [1.54, 1.807) is 56.9 Å². The highest BCUT2D eigenvalue weighted by Crippen LogP contribution is 2.34. The van der Waals surface area contributed by atoms with Crippen molar-refractivity contribution in [2.24, 2.45) is 0 Å². The van der Waals surface area contributed by atoms with Gasteiger partial charge in [-0.05, 0) is 57.5 Å². The molecule has 2 N–H and O–H groups in total. The van der Waals surface area contributed by atoms with E-state index >= 15 is 8.78 Å². The number of hydrogen-bond acceptors (Lipinski definition) is 7. The molecule has 4 rings (SSSR count). The summed E-state index contributed by atoms with van der Waals surface area (Å²) in [5.74, 6) is -3.94. The summed E-state index contributed by atoms with van der Waals surface area (Å²) in [6.07, 6.45) is 0.945. The van der Waals surface area contributed by atoms with Crippen LogP contribution >= 0.6 is 11.6 Å². The summed E-state index contributed by atoms with van der Waals surface area (Å²) in [5, 5.41) is 2.83. The van der Waals surface area contributed by atoms with Gasteiger partial charge in [0.25, 0.3) is 5.91 Å². The molecule has 1 saturated heterocycles. The second-order valence-corrected chi connectivity index (χ2v) is 11.4. The molecule has 2 aromatic carbocycles. The number of carbonyl (C=O) groups is 3. The number of rotatable bonds is 6. The van der Waals surface area contributed by atoms with E-state index < -0.39 is 46.2 Å². The van der Waals surface area contributed by atoms with Crippen LogP contribution < -0.4 is 10.2 Å². The number of nitrogens with zero attached hydrogens (tertiary/aromatic N) is 3. The zero-order valence-corrected chi connectivity index (χ0v) is 24.6. The number of methoxy groups -OCH3 is 1. The van der Waals surface area contributed by atoms with Crippen LogP contribution in [0, 0.1) is 11.6 Å². The molecule has 1 aliphatic heterocycles. The number of halogens is 3. The minimum absolute atomic E-state index is 0.125. The van der Waals surface area contributed by atoms with Crippen molar-refractivity contribution >= 4 is 41.2 Å². The maximum absolute atomic E-state index is 15.1. The molecule has 0 spiro atoms. The van der Waals surface area contributed by atoms with Crippen molar-refractivity contribution in [1.82, 2.24) is 14.9 Å². The first-order chi connectivity index (χ1) is 19.7. The van der Waals surface area contributed by atoms with E-state index in [-0.39, 0.29) is 17.3 Å². The van der Waals surface area contributed by atoms with Crippen LogP contribution in [0.25, 0.3) is 0 Å². The molecule has 42 heavy (non-hydrogen) atoms. The van der Waals surface area contributed by atoms with Crippen molar-refractivity contribution in [3.8, 4) is 0 Å². The van der Waals surface area contributed by atoms with Crippen LogP contribution in [0.3, 0.4) is 0 Å². The zero-order chi connectivity index (χ0) is 30.8.